The van der Waals surface area contributed by atoms with E-state index in [-0.39, 0.29) is 6.10 Å². The number of rotatable bonds is 9. The lowest BCUT2D eigenvalue weighted by Crippen LogP contribution is -2.33. The van der Waals surface area contributed by atoms with E-state index in [2.05, 4.69) is 5.32 Å². The van der Waals surface area contributed by atoms with Crippen molar-refractivity contribution in [3.63, 3.8) is 0 Å². The molecule has 0 bridgehead atoms. The fraction of sp³-hybridized carbons (Fsp3) is 0.714. The van der Waals surface area contributed by atoms with Crippen molar-refractivity contribution in [3.8, 4) is 0 Å². The molecule has 1 aliphatic rings. The number of nitrogens with one attached hydrogen (secondary N) is 1. The van der Waals surface area contributed by atoms with Crippen LogP contribution >= 0.6 is 11.3 Å². The van der Waals surface area contributed by atoms with Gasteiger partial charge in [0.2, 0.25) is 0 Å². The highest BCUT2D eigenvalue weighted by molar-refractivity contribution is 7.07. The van der Waals surface area contributed by atoms with E-state index in [1.54, 1.807) is 11.3 Å². The van der Waals surface area contributed by atoms with Gasteiger partial charge in [-0.3, -0.25) is 0 Å². The van der Waals surface area contributed by atoms with Crippen LogP contribution in [-0.4, -0.2) is 55.3 Å². The fourth-order valence-corrected chi connectivity index (χ4v) is 2.85. The number of hydrogen-bond donors (Lipinski definition) is 3. The molecular formula is C14H23NO4S. The van der Waals surface area contributed by atoms with Crippen LogP contribution in [-0.2, 0) is 9.47 Å². The molecule has 0 spiro atoms. The standard InChI is InChI=1S/C14H23NO4S/c16-12(8-18-9-13-2-1-4-19-13)6-15-7-14(17)11-3-5-20-10-11/h3,5,10,12-17H,1-2,4,6-9H2. The van der Waals surface area contributed by atoms with E-state index in [4.69, 9.17) is 9.47 Å². The molecule has 1 aromatic heterocycles. The Bertz CT molecular complexity index is 354. The average molecular weight is 301 g/mol. The summed E-state index contributed by atoms with van der Waals surface area (Å²) >= 11 is 1.56. The van der Waals surface area contributed by atoms with E-state index < -0.39 is 12.2 Å². The first-order valence-corrected chi connectivity index (χ1v) is 7.98. The second-order valence-electron chi connectivity index (χ2n) is 5.06. The molecule has 1 saturated heterocycles. The molecule has 3 atom stereocenters. The van der Waals surface area contributed by atoms with Gasteiger partial charge in [-0.05, 0) is 35.2 Å². The summed E-state index contributed by atoms with van der Waals surface area (Å²) in [5.41, 5.74) is 0.909. The molecule has 0 aliphatic carbocycles. The highest BCUT2D eigenvalue weighted by Crippen LogP contribution is 2.15. The molecule has 2 heterocycles. The molecule has 1 aromatic rings. The molecule has 0 saturated carbocycles. The Hall–Kier alpha value is -0.500. The van der Waals surface area contributed by atoms with Crippen LogP contribution in [0.5, 0.6) is 0 Å². The second-order valence-corrected chi connectivity index (χ2v) is 5.84. The maximum Gasteiger partial charge on any atom is 0.0922 e. The lowest BCUT2D eigenvalue weighted by Gasteiger charge is -2.16. The van der Waals surface area contributed by atoms with Gasteiger partial charge in [-0.2, -0.15) is 11.3 Å². The first-order chi connectivity index (χ1) is 9.75. The topological polar surface area (TPSA) is 71.0 Å². The summed E-state index contributed by atoms with van der Waals surface area (Å²) in [5, 5.41) is 26.5. The van der Waals surface area contributed by atoms with Crippen molar-refractivity contribution < 1.29 is 19.7 Å². The number of aliphatic hydroxyl groups is 2. The second kappa shape index (κ2) is 8.71. The first-order valence-electron chi connectivity index (χ1n) is 7.04. The minimum absolute atomic E-state index is 0.190. The molecule has 0 radical (unpaired) electrons. The fourth-order valence-electron chi connectivity index (χ4n) is 2.14. The molecular weight excluding hydrogens is 278 g/mol. The minimum atomic E-state index is -0.564. The van der Waals surface area contributed by atoms with E-state index >= 15 is 0 Å². The Labute approximate surface area is 123 Å². The van der Waals surface area contributed by atoms with Gasteiger partial charge in [0.15, 0.2) is 0 Å². The van der Waals surface area contributed by atoms with Gasteiger partial charge in [0.05, 0.1) is 31.5 Å². The summed E-state index contributed by atoms with van der Waals surface area (Å²) in [6.45, 7) is 2.50. The number of thiophene rings is 1. The van der Waals surface area contributed by atoms with E-state index in [0.717, 1.165) is 25.0 Å². The van der Waals surface area contributed by atoms with Gasteiger partial charge in [0, 0.05) is 19.7 Å². The number of aliphatic hydroxyl groups excluding tert-OH is 2. The van der Waals surface area contributed by atoms with Crippen molar-refractivity contribution in [1.82, 2.24) is 5.32 Å². The van der Waals surface area contributed by atoms with Gasteiger partial charge in [-0.25, -0.2) is 0 Å². The van der Waals surface area contributed by atoms with Gasteiger partial charge in [-0.15, -0.1) is 0 Å². The van der Waals surface area contributed by atoms with Crippen molar-refractivity contribution in [1.29, 1.82) is 0 Å². The van der Waals surface area contributed by atoms with Gasteiger partial charge in [0.1, 0.15) is 0 Å². The number of hydrogen-bond acceptors (Lipinski definition) is 6. The van der Waals surface area contributed by atoms with Crippen LogP contribution in [0.25, 0.3) is 0 Å². The van der Waals surface area contributed by atoms with Crippen molar-refractivity contribution in [2.75, 3.05) is 32.9 Å². The average Bonchev–Trinajstić information content (AvgIpc) is 3.12. The predicted molar refractivity (Wildman–Crippen MR) is 77.9 cm³/mol. The molecule has 3 N–H and O–H groups in total. The van der Waals surface area contributed by atoms with Crippen LogP contribution in [0.15, 0.2) is 16.8 Å². The van der Waals surface area contributed by atoms with Gasteiger partial charge in [-0.1, -0.05) is 0 Å². The van der Waals surface area contributed by atoms with Gasteiger partial charge in [0.25, 0.3) is 0 Å². The number of ether oxygens (including phenoxy) is 2. The maximum atomic E-state index is 9.86. The monoisotopic (exact) mass is 301 g/mol. The minimum Gasteiger partial charge on any atom is -0.389 e. The van der Waals surface area contributed by atoms with E-state index in [9.17, 15) is 10.2 Å². The highest BCUT2D eigenvalue weighted by Gasteiger charge is 2.16. The van der Waals surface area contributed by atoms with Crippen molar-refractivity contribution in [3.05, 3.63) is 22.4 Å². The van der Waals surface area contributed by atoms with Crippen molar-refractivity contribution in [2.24, 2.45) is 0 Å². The first kappa shape index (κ1) is 15.9. The molecule has 0 amide bonds. The van der Waals surface area contributed by atoms with Gasteiger partial charge >= 0.3 is 0 Å². The molecule has 0 aromatic carbocycles. The summed E-state index contributed by atoms with van der Waals surface area (Å²) in [7, 11) is 0. The maximum absolute atomic E-state index is 9.86. The quantitative estimate of drug-likeness (QED) is 0.633. The SMILES string of the molecule is OC(CNCC(O)c1ccsc1)COCC1CCCO1. The summed E-state index contributed by atoms with van der Waals surface area (Å²) in [6, 6.07) is 1.90. The smallest absolute Gasteiger partial charge is 0.0922 e. The van der Waals surface area contributed by atoms with E-state index in [1.165, 1.54) is 0 Å². The lowest BCUT2D eigenvalue weighted by atomic mass is 10.2. The van der Waals surface area contributed by atoms with Crippen LogP contribution in [0.1, 0.15) is 24.5 Å². The molecule has 1 aliphatic heterocycles. The van der Waals surface area contributed by atoms with E-state index in [0.29, 0.717) is 26.3 Å². The Morgan fingerprint density at radius 2 is 2.35 bits per heavy atom. The third kappa shape index (κ3) is 5.47. The normalized spacial score (nSPS) is 22.0. The predicted octanol–water partition coefficient (Wildman–Crippen LogP) is 0.928. The van der Waals surface area contributed by atoms with Crippen LogP contribution in [0.3, 0.4) is 0 Å². The third-order valence-electron chi connectivity index (χ3n) is 3.28. The summed E-state index contributed by atoms with van der Waals surface area (Å²) in [4.78, 5) is 0. The molecule has 3 unspecified atom stereocenters. The zero-order chi connectivity index (χ0) is 14.2. The third-order valence-corrected chi connectivity index (χ3v) is 3.99. The molecule has 114 valence electrons. The lowest BCUT2D eigenvalue weighted by molar-refractivity contribution is -0.0168. The van der Waals surface area contributed by atoms with Crippen molar-refractivity contribution in [2.45, 2.75) is 31.2 Å². The Balaban J connectivity index is 1.50. The Kier molecular flexibility index (Phi) is 6.92. The largest absolute Gasteiger partial charge is 0.389 e. The van der Waals surface area contributed by atoms with E-state index in [1.807, 2.05) is 16.8 Å². The summed E-state index contributed by atoms with van der Waals surface area (Å²) in [6.07, 6.45) is 1.24. The molecule has 20 heavy (non-hydrogen) atoms. The van der Waals surface area contributed by atoms with Crippen LogP contribution in [0.2, 0.25) is 0 Å². The van der Waals surface area contributed by atoms with Crippen molar-refractivity contribution >= 4 is 11.3 Å². The molecule has 1 fully saturated rings. The Morgan fingerprint density at radius 1 is 1.45 bits per heavy atom. The van der Waals surface area contributed by atoms with Crippen LogP contribution in [0.4, 0.5) is 0 Å². The summed E-state index contributed by atoms with van der Waals surface area (Å²) < 4.78 is 10.9. The zero-order valence-electron chi connectivity index (χ0n) is 11.5. The molecule has 5 nitrogen and oxygen atoms in total. The summed E-state index contributed by atoms with van der Waals surface area (Å²) in [5.74, 6) is 0. The Morgan fingerprint density at radius 3 is 3.05 bits per heavy atom. The van der Waals surface area contributed by atoms with Gasteiger partial charge < -0.3 is 25.0 Å². The highest BCUT2D eigenvalue weighted by atomic mass is 32.1. The molecule has 6 heteroatoms. The molecule has 2 rings (SSSR count). The zero-order valence-corrected chi connectivity index (χ0v) is 12.3. The van der Waals surface area contributed by atoms with Crippen LogP contribution in [0, 0.1) is 0 Å². The van der Waals surface area contributed by atoms with Crippen LogP contribution < -0.4 is 5.32 Å².